The van der Waals surface area contributed by atoms with Gasteiger partial charge >= 0.3 is 42.2 Å². The molecule has 6 amide bonds. The second-order valence-electron chi connectivity index (χ2n) is 17.9. The summed E-state index contributed by atoms with van der Waals surface area (Å²) < 4.78 is 41.4. The van der Waals surface area contributed by atoms with Crippen LogP contribution in [0.2, 0.25) is 0 Å². The number of carbonyl (C=O) groups is 12. The molecule has 29 nitrogen and oxygen atoms in total. The number of rotatable bonds is 30. The Kier molecular flexibility index (Phi) is 27.7. The number of hydrogen-bond donors (Lipinski definition) is 12. The molecule has 77 heavy (non-hydrogen) atoms. The molecule has 12 N–H and O–H groups in total. The normalized spacial score (nSPS) is 15.9. The largest absolute Gasteiger partial charge is 0.573 e. The molecule has 0 unspecified atom stereocenters. The summed E-state index contributed by atoms with van der Waals surface area (Å²) in [5.41, 5.74) is 0.250. The molecule has 430 valence electrons. The predicted molar refractivity (Wildman–Crippen MR) is 255 cm³/mol. The van der Waals surface area contributed by atoms with Gasteiger partial charge in [0.2, 0.25) is 35.4 Å². The van der Waals surface area contributed by atoms with Crippen LogP contribution in [0.3, 0.4) is 0 Å². The average Bonchev–Trinajstić information content (AvgIpc) is 3.30. The van der Waals surface area contributed by atoms with Crippen molar-refractivity contribution in [3.63, 3.8) is 0 Å². The van der Waals surface area contributed by atoms with Gasteiger partial charge in [0, 0.05) is 78.3 Å². The summed E-state index contributed by atoms with van der Waals surface area (Å²) >= 11 is 0. The van der Waals surface area contributed by atoms with Crippen LogP contribution >= 0.6 is 0 Å². The Labute approximate surface area is 437 Å². The smallest absolute Gasteiger partial charge is 0.481 e. The van der Waals surface area contributed by atoms with Gasteiger partial charge in [0.1, 0.15) is 29.9 Å². The number of nitrogens with zero attached hydrogens (tertiary/aromatic N) is 4. The first-order valence-electron chi connectivity index (χ1n) is 23.8. The van der Waals surface area contributed by atoms with E-state index in [-0.39, 0.29) is 84.1 Å². The van der Waals surface area contributed by atoms with E-state index < -0.39 is 159 Å². The zero-order chi connectivity index (χ0) is 58.0. The number of alkyl halides is 3. The molecular formula is C45H65F3N10O19. The van der Waals surface area contributed by atoms with Crippen molar-refractivity contribution < 1.29 is 106 Å². The Morgan fingerprint density at radius 3 is 1.35 bits per heavy atom. The lowest BCUT2D eigenvalue weighted by atomic mass is 10.0. The van der Waals surface area contributed by atoms with Crippen molar-refractivity contribution in [2.45, 2.75) is 83.0 Å². The van der Waals surface area contributed by atoms with E-state index >= 15 is 0 Å². The highest BCUT2D eigenvalue weighted by atomic mass is 19.4. The van der Waals surface area contributed by atoms with Crippen molar-refractivity contribution >= 4 is 71.3 Å². The van der Waals surface area contributed by atoms with Crippen LogP contribution in [0, 0.1) is 5.92 Å². The molecule has 1 aliphatic rings. The Morgan fingerprint density at radius 1 is 0.506 bits per heavy atom. The highest BCUT2D eigenvalue weighted by Crippen LogP contribution is 2.23. The molecule has 0 bridgehead atoms. The van der Waals surface area contributed by atoms with Crippen LogP contribution in [0.4, 0.5) is 13.2 Å². The van der Waals surface area contributed by atoms with Gasteiger partial charge in [-0.05, 0) is 30.0 Å². The zero-order valence-corrected chi connectivity index (χ0v) is 42.0. The van der Waals surface area contributed by atoms with Gasteiger partial charge in [0.25, 0.3) is 0 Å². The molecule has 1 fully saturated rings. The molecule has 1 saturated heterocycles. The second-order valence-corrected chi connectivity index (χ2v) is 17.9. The molecule has 0 radical (unpaired) electrons. The lowest BCUT2D eigenvalue weighted by molar-refractivity contribution is -0.274. The van der Waals surface area contributed by atoms with Gasteiger partial charge in [-0.2, -0.15) is 0 Å². The molecule has 0 aromatic heterocycles. The first kappa shape index (κ1) is 65.4. The molecule has 0 aliphatic carbocycles. The van der Waals surface area contributed by atoms with E-state index in [9.17, 15) is 101 Å². The number of aliphatic carboxylic acids is 6. The fourth-order valence-corrected chi connectivity index (χ4v) is 7.37. The van der Waals surface area contributed by atoms with E-state index in [2.05, 4.69) is 36.6 Å². The van der Waals surface area contributed by atoms with Crippen LogP contribution in [-0.4, -0.2) is 237 Å². The maximum atomic E-state index is 13.7. The molecule has 0 saturated carbocycles. The third-order valence-electron chi connectivity index (χ3n) is 11.2. The van der Waals surface area contributed by atoms with Crippen molar-refractivity contribution in [1.82, 2.24) is 51.5 Å². The molecule has 1 aliphatic heterocycles. The number of benzene rings is 1. The van der Waals surface area contributed by atoms with Crippen molar-refractivity contribution in [3.05, 3.63) is 29.8 Å². The lowest BCUT2D eigenvalue weighted by Gasteiger charge is -2.32. The maximum absolute atomic E-state index is 13.7. The summed E-state index contributed by atoms with van der Waals surface area (Å²) in [6.45, 7) is 1.62. The van der Waals surface area contributed by atoms with Gasteiger partial charge in [-0.25, -0.2) is 0 Å². The van der Waals surface area contributed by atoms with E-state index in [1.807, 2.05) is 0 Å². The quantitative estimate of drug-likeness (QED) is 0.0357. The van der Waals surface area contributed by atoms with E-state index in [0.29, 0.717) is 0 Å². The number of carboxylic acids is 6. The van der Waals surface area contributed by atoms with Crippen LogP contribution in [0.25, 0.3) is 0 Å². The van der Waals surface area contributed by atoms with Crippen molar-refractivity contribution in [3.8, 4) is 5.75 Å². The first-order chi connectivity index (χ1) is 36.0. The number of ether oxygens (including phenoxy) is 1. The lowest BCUT2D eigenvalue weighted by Crippen LogP contribution is -2.59. The maximum Gasteiger partial charge on any atom is 0.573 e. The topological polar surface area (TPSA) is 421 Å². The second kappa shape index (κ2) is 32.7. The first-order valence-corrected chi connectivity index (χ1v) is 23.8. The van der Waals surface area contributed by atoms with E-state index in [0.717, 1.165) is 12.1 Å². The number of nitrogens with one attached hydrogen (secondary N) is 6. The molecule has 2 rings (SSSR count). The van der Waals surface area contributed by atoms with Crippen LogP contribution in [0.1, 0.15) is 51.5 Å². The molecule has 0 spiro atoms. The number of carboxylic acid groups (broad SMARTS) is 6. The van der Waals surface area contributed by atoms with Gasteiger partial charge in [-0.3, -0.25) is 77.1 Å². The highest BCUT2D eigenvalue weighted by molar-refractivity contribution is 5.97. The SMILES string of the molecule is CC(C)[C@H](NC(=O)[C@H](CCC(=O)O)NC(=O)[C@H](CC(=O)O)NC(=O)CCNC(=O)CN1CCN(CC(=O)O)CCN(CC(=O)O)CCN(CC(=O)O)CC1)C(=O)N[C@@H](CC(=O)O)C(=O)NCc1ccc(OC(F)(F)F)cc1. The van der Waals surface area contributed by atoms with Crippen molar-refractivity contribution in [2.75, 3.05) is 85.1 Å². The van der Waals surface area contributed by atoms with E-state index in [1.165, 1.54) is 26.0 Å². The summed E-state index contributed by atoms with van der Waals surface area (Å²) in [4.78, 5) is 156. The molecule has 4 atom stereocenters. The van der Waals surface area contributed by atoms with E-state index in [1.54, 1.807) is 19.6 Å². The Morgan fingerprint density at radius 2 is 0.935 bits per heavy atom. The van der Waals surface area contributed by atoms with E-state index in [4.69, 9.17) is 0 Å². The molecule has 1 aromatic carbocycles. The van der Waals surface area contributed by atoms with Crippen LogP contribution in [-0.2, 0) is 64.1 Å². The Balaban J connectivity index is 2.14. The third kappa shape index (κ3) is 28.1. The molecular weight excluding hydrogens is 1040 g/mol. The zero-order valence-electron chi connectivity index (χ0n) is 42.0. The van der Waals surface area contributed by atoms with Gasteiger partial charge in [-0.1, -0.05) is 26.0 Å². The number of halogens is 3. The van der Waals surface area contributed by atoms with Crippen LogP contribution < -0.4 is 36.6 Å². The summed E-state index contributed by atoms with van der Waals surface area (Å²) in [6.07, 6.45) is -8.97. The standard InChI is InChI=1S/C45H65F3N10O19/c1-26(2)40(44(76)53-30(19-35(63)64)41(73)50-21-27-3-5-28(6-4-27)77-45(46,47)48)54-42(74)29(7-8-34(61)62)52-43(75)31(20-36(65)66)51-32(59)9-10-49-33(60)22-55-11-13-56(23-37(67)68)15-17-58(25-39(71)72)18-16-57(14-12-55)24-38(69)70/h3-6,26,29-31,40H,7-25H2,1-2H3,(H,49,60)(H,50,73)(H,51,59)(H,52,75)(H,53,76)(H,54,74)(H,61,62)(H,63,64)(H,65,66)(H,67,68)(H,69,70)(H,71,72)/t29-,30-,31-,40-/m0/s1. The minimum absolute atomic E-state index is 0.105. The monoisotopic (exact) mass is 1110 g/mol. The third-order valence-corrected chi connectivity index (χ3v) is 11.2. The summed E-state index contributed by atoms with van der Waals surface area (Å²) in [5, 5.41) is 70.5. The summed E-state index contributed by atoms with van der Waals surface area (Å²) in [5.74, 6) is -15.7. The minimum atomic E-state index is -4.97. The van der Waals surface area contributed by atoms with Gasteiger partial charge < -0.3 is 67.3 Å². The summed E-state index contributed by atoms with van der Waals surface area (Å²) in [6, 6.07) is -2.81. The highest BCUT2D eigenvalue weighted by Gasteiger charge is 2.35. The van der Waals surface area contributed by atoms with Crippen molar-refractivity contribution in [2.24, 2.45) is 5.92 Å². The minimum Gasteiger partial charge on any atom is -0.481 e. The number of amides is 6. The Hall–Kier alpha value is -7.71. The van der Waals surface area contributed by atoms with Crippen molar-refractivity contribution in [1.29, 1.82) is 0 Å². The van der Waals surface area contributed by atoms with Gasteiger partial charge in [0.05, 0.1) is 39.0 Å². The van der Waals surface area contributed by atoms with Crippen LogP contribution in [0.5, 0.6) is 5.75 Å². The fraction of sp³-hybridized carbons (Fsp3) is 0.600. The number of carbonyl (C=O) groups excluding carboxylic acids is 6. The molecule has 32 heteroatoms. The average molecular weight is 1110 g/mol. The van der Waals surface area contributed by atoms with Gasteiger partial charge in [-0.15, -0.1) is 13.2 Å². The summed E-state index contributed by atoms with van der Waals surface area (Å²) in [7, 11) is 0. The molecule has 1 aromatic rings. The predicted octanol–water partition coefficient (Wildman–Crippen LogP) is -3.41. The number of hydrogen-bond acceptors (Lipinski definition) is 17. The fourth-order valence-electron chi connectivity index (χ4n) is 7.37. The molecule has 1 heterocycles. The van der Waals surface area contributed by atoms with Gasteiger partial charge in [0.15, 0.2) is 0 Å². The van der Waals surface area contributed by atoms with Crippen LogP contribution in [0.15, 0.2) is 24.3 Å². The Bertz CT molecular complexity index is 2210.